The summed E-state index contributed by atoms with van der Waals surface area (Å²) in [6.45, 7) is 6.11. The molecular weight excluding hydrogens is 374 g/mol. The number of anilines is 1. The summed E-state index contributed by atoms with van der Waals surface area (Å²) in [5, 5.41) is 2.75. The molecule has 1 saturated heterocycles. The van der Waals surface area contributed by atoms with Crippen molar-refractivity contribution in [2.24, 2.45) is 11.8 Å². The Morgan fingerprint density at radius 1 is 1.24 bits per heavy atom. The molecule has 0 bridgehead atoms. The van der Waals surface area contributed by atoms with Crippen LogP contribution in [0, 0.1) is 11.8 Å². The van der Waals surface area contributed by atoms with Crippen molar-refractivity contribution < 1.29 is 23.8 Å². The number of methoxy groups -OCH3 is 2. The monoisotopic (exact) mass is 405 g/mol. The van der Waals surface area contributed by atoms with Gasteiger partial charge in [-0.1, -0.05) is 13.8 Å². The number of esters is 1. The van der Waals surface area contributed by atoms with Crippen molar-refractivity contribution >= 4 is 17.6 Å². The van der Waals surface area contributed by atoms with Crippen molar-refractivity contribution in [1.29, 1.82) is 0 Å². The summed E-state index contributed by atoms with van der Waals surface area (Å²) in [5.74, 6) is 0.382. The van der Waals surface area contributed by atoms with Gasteiger partial charge in [-0.3, -0.25) is 4.79 Å². The van der Waals surface area contributed by atoms with Gasteiger partial charge in [-0.2, -0.15) is 0 Å². The quantitative estimate of drug-likeness (QED) is 0.596. The van der Waals surface area contributed by atoms with Gasteiger partial charge in [0.05, 0.1) is 19.8 Å². The maximum Gasteiger partial charge on any atom is 0.328 e. The molecule has 3 rings (SSSR count). The molecule has 1 amide bonds. The molecule has 1 unspecified atom stereocenters. The highest BCUT2D eigenvalue weighted by molar-refractivity contribution is 5.95. The van der Waals surface area contributed by atoms with Gasteiger partial charge in [-0.05, 0) is 43.2 Å². The summed E-state index contributed by atoms with van der Waals surface area (Å²) in [6.07, 6.45) is 3.03. The SMILES string of the molecule is COC(=O)C(CC(C)C)NC(=O)c1ccc(N2CC(OC)C2)c(OCC2CC2)n1. The second-order valence-corrected chi connectivity index (χ2v) is 8.22. The molecule has 1 saturated carbocycles. The number of ether oxygens (including phenoxy) is 3. The van der Waals surface area contributed by atoms with Crippen molar-refractivity contribution in [2.75, 3.05) is 38.8 Å². The van der Waals surface area contributed by atoms with E-state index in [2.05, 4.69) is 15.2 Å². The molecule has 2 aliphatic rings. The molecule has 1 N–H and O–H groups in total. The number of hydrogen-bond donors (Lipinski definition) is 1. The van der Waals surface area contributed by atoms with Crippen LogP contribution in [0.2, 0.25) is 0 Å². The fourth-order valence-electron chi connectivity index (χ4n) is 3.23. The largest absolute Gasteiger partial charge is 0.476 e. The van der Waals surface area contributed by atoms with Crippen molar-refractivity contribution in [1.82, 2.24) is 10.3 Å². The van der Waals surface area contributed by atoms with Crippen molar-refractivity contribution in [3.63, 3.8) is 0 Å². The molecule has 0 spiro atoms. The number of nitrogens with zero attached hydrogens (tertiary/aromatic N) is 2. The Morgan fingerprint density at radius 2 is 1.97 bits per heavy atom. The third-order valence-corrected chi connectivity index (χ3v) is 5.25. The summed E-state index contributed by atoms with van der Waals surface area (Å²) in [7, 11) is 3.02. The Bertz CT molecular complexity index is 729. The van der Waals surface area contributed by atoms with Gasteiger partial charge in [-0.15, -0.1) is 0 Å². The summed E-state index contributed by atoms with van der Waals surface area (Å²) in [5.41, 5.74) is 1.09. The zero-order valence-corrected chi connectivity index (χ0v) is 17.6. The van der Waals surface area contributed by atoms with Gasteiger partial charge in [0.2, 0.25) is 5.88 Å². The first-order valence-electron chi connectivity index (χ1n) is 10.2. The van der Waals surface area contributed by atoms with E-state index in [0.717, 1.165) is 18.8 Å². The van der Waals surface area contributed by atoms with E-state index in [9.17, 15) is 9.59 Å². The smallest absolute Gasteiger partial charge is 0.328 e. The Labute approximate surface area is 171 Å². The average Bonchev–Trinajstić information content (AvgIpc) is 3.49. The number of pyridine rings is 1. The second kappa shape index (κ2) is 9.43. The Hall–Kier alpha value is -2.35. The van der Waals surface area contributed by atoms with Crippen LogP contribution in [0.3, 0.4) is 0 Å². The number of rotatable bonds is 10. The van der Waals surface area contributed by atoms with Gasteiger partial charge in [0, 0.05) is 20.2 Å². The zero-order valence-electron chi connectivity index (χ0n) is 17.6. The highest BCUT2D eigenvalue weighted by Gasteiger charge is 2.31. The fourth-order valence-corrected chi connectivity index (χ4v) is 3.23. The molecule has 8 heteroatoms. The Balaban J connectivity index is 1.74. The van der Waals surface area contributed by atoms with E-state index in [1.807, 2.05) is 19.9 Å². The van der Waals surface area contributed by atoms with Gasteiger partial charge in [-0.25, -0.2) is 9.78 Å². The van der Waals surface area contributed by atoms with Gasteiger partial charge in [0.25, 0.3) is 5.91 Å². The predicted molar refractivity (Wildman–Crippen MR) is 108 cm³/mol. The van der Waals surface area contributed by atoms with E-state index in [1.54, 1.807) is 13.2 Å². The molecule has 1 atom stereocenters. The molecule has 0 aromatic carbocycles. The standard InChI is InChI=1S/C21H31N3O5/c1-13(2)9-17(21(26)28-4)22-19(25)16-7-8-18(24-10-15(11-24)27-3)20(23-16)29-12-14-5-6-14/h7-8,13-15,17H,5-6,9-12H2,1-4H3,(H,22,25). The van der Waals surface area contributed by atoms with Crippen LogP contribution >= 0.6 is 0 Å². The van der Waals surface area contributed by atoms with Gasteiger partial charge in [0.1, 0.15) is 17.4 Å². The fraction of sp³-hybridized carbons (Fsp3) is 0.667. The highest BCUT2D eigenvalue weighted by Crippen LogP contribution is 2.34. The molecule has 2 heterocycles. The van der Waals surface area contributed by atoms with Crippen LogP contribution in [0.15, 0.2) is 12.1 Å². The number of carbonyl (C=O) groups excluding carboxylic acids is 2. The maximum absolute atomic E-state index is 12.8. The van der Waals surface area contributed by atoms with Crippen LogP contribution in [0.4, 0.5) is 5.69 Å². The molecule has 1 aromatic heterocycles. The minimum absolute atomic E-state index is 0.200. The normalized spacial score (nSPS) is 17.6. The minimum atomic E-state index is -0.706. The summed E-state index contributed by atoms with van der Waals surface area (Å²) < 4.78 is 16.1. The third-order valence-electron chi connectivity index (χ3n) is 5.25. The van der Waals surface area contributed by atoms with Crippen molar-refractivity contribution in [3.8, 4) is 5.88 Å². The third kappa shape index (κ3) is 5.59. The molecule has 1 aliphatic carbocycles. The van der Waals surface area contributed by atoms with Crippen molar-refractivity contribution in [2.45, 2.75) is 45.3 Å². The Morgan fingerprint density at radius 3 is 2.55 bits per heavy atom. The van der Waals surface area contributed by atoms with Crippen LogP contribution in [-0.4, -0.2) is 62.9 Å². The van der Waals surface area contributed by atoms with Crippen LogP contribution in [0.25, 0.3) is 0 Å². The highest BCUT2D eigenvalue weighted by atomic mass is 16.5. The van der Waals surface area contributed by atoms with Gasteiger partial charge in [0.15, 0.2) is 0 Å². The molecule has 160 valence electrons. The van der Waals surface area contributed by atoms with Crippen LogP contribution in [0.1, 0.15) is 43.6 Å². The number of hydrogen-bond acceptors (Lipinski definition) is 7. The van der Waals surface area contributed by atoms with Crippen LogP contribution in [0.5, 0.6) is 5.88 Å². The summed E-state index contributed by atoms with van der Waals surface area (Å²) in [4.78, 5) is 31.4. The number of aromatic nitrogens is 1. The minimum Gasteiger partial charge on any atom is -0.476 e. The zero-order chi connectivity index (χ0) is 21.0. The summed E-state index contributed by atoms with van der Waals surface area (Å²) in [6, 6.07) is 2.81. The molecule has 8 nitrogen and oxygen atoms in total. The summed E-state index contributed by atoms with van der Waals surface area (Å²) >= 11 is 0. The van der Waals surface area contributed by atoms with E-state index in [1.165, 1.54) is 20.0 Å². The van der Waals surface area contributed by atoms with E-state index in [4.69, 9.17) is 14.2 Å². The van der Waals surface area contributed by atoms with Crippen molar-refractivity contribution in [3.05, 3.63) is 17.8 Å². The Kier molecular flexibility index (Phi) is 6.95. The molecule has 2 fully saturated rings. The first-order chi connectivity index (χ1) is 13.9. The molecule has 1 aromatic rings. The molecule has 29 heavy (non-hydrogen) atoms. The number of nitrogens with one attached hydrogen (secondary N) is 1. The number of carbonyl (C=O) groups is 2. The van der Waals surface area contributed by atoms with E-state index >= 15 is 0 Å². The molecular formula is C21H31N3O5. The van der Waals surface area contributed by atoms with Crippen LogP contribution in [-0.2, 0) is 14.3 Å². The molecule has 0 radical (unpaired) electrons. The first kappa shape index (κ1) is 21.4. The lowest BCUT2D eigenvalue weighted by atomic mass is 10.0. The van der Waals surface area contributed by atoms with Crippen LogP contribution < -0.4 is 15.0 Å². The lowest BCUT2D eigenvalue weighted by molar-refractivity contribution is -0.143. The van der Waals surface area contributed by atoms with Gasteiger partial charge < -0.3 is 24.4 Å². The topological polar surface area (TPSA) is 90.0 Å². The van der Waals surface area contributed by atoms with Gasteiger partial charge >= 0.3 is 5.97 Å². The second-order valence-electron chi connectivity index (χ2n) is 8.22. The molecule has 1 aliphatic heterocycles. The first-order valence-corrected chi connectivity index (χ1v) is 10.2. The van der Waals surface area contributed by atoms with E-state index < -0.39 is 17.9 Å². The van der Waals surface area contributed by atoms with E-state index in [0.29, 0.717) is 24.8 Å². The average molecular weight is 405 g/mol. The van der Waals surface area contributed by atoms with E-state index in [-0.39, 0.29) is 17.7 Å². The lowest BCUT2D eigenvalue weighted by Gasteiger charge is -2.40. The maximum atomic E-state index is 12.8. The lowest BCUT2D eigenvalue weighted by Crippen LogP contribution is -2.52. The number of amides is 1. The predicted octanol–water partition coefficient (Wildman–Crippen LogP) is 2.02.